The van der Waals surface area contributed by atoms with Gasteiger partial charge in [-0.05, 0) is 66.7 Å². The molecule has 4 aromatic carbocycles. The predicted molar refractivity (Wildman–Crippen MR) is 134 cm³/mol. The molecule has 5 rings (SSSR count). The number of anilines is 2. The highest BCUT2D eigenvalue weighted by Gasteiger charge is 2.16. The Labute approximate surface area is 202 Å². The summed E-state index contributed by atoms with van der Waals surface area (Å²) < 4.78 is 61.1. The van der Waals surface area contributed by atoms with Crippen LogP contribution in [-0.2, 0) is 20.0 Å². The molecule has 0 aliphatic rings. The molecule has 10 heteroatoms. The van der Waals surface area contributed by atoms with Crippen molar-refractivity contribution in [2.45, 2.75) is 9.79 Å². The van der Waals surface area contributed by atoms with Crippen molar-refractivity contribution in [3.8, 4) is 11.5 Å². The number of sulfonamides is 2. The third-order valence-electron chi connectivity index (χ3n) is 5.13. The fraction of sp³-hybridized carbons (Fsp3) is 0. The number of hydrogen-bond acceptors (Lipinski definition) is 6. The van der Waals surface area contributed by atoms with Gasteiger partial charge >= 0.3 is 0 Å². The molecule has 0 spiro atoms. The van der Waals surface area contributed by atoms with Gasteiger partial charge in [0.1, 0.15) is 5.52 Å². The lowest BCUT2D eigenvalue weighted by molar-refractivity contribution is 0.599. The number of hydrogen-bond donors (Lipinski definition) is 2. The van der Waals surface area contributed by atoms with Gasteiger partial charge in [-0.25, -0.2) is 21.8 Å². The first kappa shape index (κ1) is 22.6. The first-order chi connectivity index (χ1) is 16.8. The molecule has 2 N–H and O–H groups in total. The third kappa shape index (κ3) is 4.88. The molecule has 1 heterocycles. The topological polar surface area (TPSA) is 118 Å². The first-order valence-electron chi connectivity index (χ1n) is 10.5. The normalized spacial score (nSPS) is 11.9. The van der Waals surface area contributed by atoms with E-state index in [9.17, 15) is 16.8 Å². The van der Waals surface area contributed by atoms with E-state index in [0.717, 1.165) is 0 Å². The molecule has 0 unspecified atom stereocenters. The SMILES string of the molecule is O=S(=O)(Nc1ccc(-c2nc3cc(NS(=O)(=O)c4ccccc4)ccc3o2)cc1)c1ccccc1. The molecule has 0 atom stereocenters. The monoisotopic (exact) mass is 505 g/mol. The van der Waals surface area contributed by atoms with Gasteiger partial charge in [-0.2, -0.15) is 0 Å². The molecular formula is C25H19N3O5S2. The number of oxazole rings is 1. The Hall–Kier alpha value is -4.15. The Morgan fingerprint density at radius 3 is 1.69 bits per heavy atom. The van der Waals surface area contributed by atoms with Gasteiger partial charge in [-0.3, -0.25) is 9.44 Å². The van der Waals surface area contributed by atoms with E-state index >= 15 is 0 Å². The number of rotatable bonds is 7. The maximum Gasteiger partial charge on any atom is 0.261 e. The molecule has 0 saturated carbocycles. The molecule has 5 aromatic rings. The molecule has 1 aromatic heterocycles. The molecule has 8 nitrogen and oxygen atoms in total. The van der Waals surface area contributed by atoms with Gasteiger partial charge in [0, 0.05) is 11.3 Å². The summed E-state index contributed by atoms with van der Waals surface area (Å²) in [4.78, 5) is 4.78. The Morgan fingerprint density at radius 1 is 0.600 bits per heavy atom. The second-order valence-corrected chi connectivity index (χ2v) is 11.0. The molecule has 176 valence electrons. The van der Waals surface area contributed by atoms with Crippen molar-refractivity contribution in [1.82, 2.24) is 4.98 Å². The number of fused-ring (bicyclic) bond motifs is 1. The fourth-order valence-electron chi connectivity index (χ4n) is 3.42. The van der Waals surface area contributed by atoms with Gasteiger partial charge in [0.05, 0.1) is 15.5 Å². The fourth-order valence-corrected chi connectivity index (χ4v) is 5.57. The zero-order chi connectivity index (χ0) is 24.5. The van der Waals surface area contributed by atoms with Crippen LogP contribution in [0.2, 0.25) is 0 Å². The van der Waals surface area contributed by atoms with Gasteiger partial charge in [-0.1, -0.05) is 36.4 Å². The van der Waals surface area contributed by atoms with Gasteiger partial charge in [0.2, 0.25) is 5.89 Å². The van der Waals surface area contributed by atoms with Crippen LogP contribution < -0.4 is 9.44 Å². The summed E-state index contributed by atoms with van der Waals surface area (Å²) in [6.07, 6.45) is 0. The van der Waals surface area contributed by atoms with Crippen molar-refractivity contribution in [3.63, 3.8) is 0 Å². The molecule has 0 bridgehead atoms. The average Bonchev–Trinajstić information content (AvgIpc) is 3.29. The summed E-state index contributed by atoms with van der Waals surface area (Å²) in [6.45, 7) is 0. The lowest BCUT2D eigenvalue weighted by Crippen LogP contribution is -2.12. The Balaban J connectivity index is 1.36. The Morgan fingerprint density at radius 2 is 1.11 bits per heavy atom. The van der Waals surface area contributed by atoms with E-state index in [0.29, 0.717) is 33.9 Å². The van der Waals surface area contributed by atoms with Gasteiger partial charge in [0.25, 0.3) is 20.0 Å². The predicted octanol–water partition coefficient (Wildman–Crippen LogP) is 5.10. The number of nitrogens with one attached hydrogen (secondary N) is 2. The van der Waals surface area contributed by atoms with E-state index in [1.807, 2.05) is 0 Å². The van der Waals surface area contributed by atoms with Crippen LogP contribution >= 0.6 is 0 Å². The molecule has 0 fully saturated rings. The summed E-state index contributed by atoms with van der Waals surface area (Å²) >= 11 is 0. The van der Waals surface area contributed by atoms with Crippen LogP contribution in [0.4, 0.5) is 11.4 Å². The summed E-state index contributed by atoms with van der Waals surface area (Å²) in [6, 6.07) is 27.6. The average molecular weight is 506 g/mol. The second-order valence-electron chi connectivity index (χ2n) is 7.62. The summed E-state index contributed by atoms with van der Waals surface area (Å²) in [7, 11) is -7.43. The van der Waals surface area contributed by atoms with E-state index in [-0.39, 0.29) is 9.79 Å². The van der Waals surface area contributed by atoms with E-state index in [1.165, 1.54) is 24.3 Å². The van der Waals surface area contributed by atoms with Crippen molar-refractivity contribution in [2.24, 2.45) is 0 Å². The zero-order valence-corrected chi connectivity index (χ0v) is 19.8. The molecule has 0 aliphatic carbocycles. The Kier molecular flexibility index (Phi) is 5.75. The van der Waals surface area contributed by atoms with Gasteiger partial charge in [-0.15, -0.1) is 0 Å². The summed E-state index contributed by atoms with van der Waals surface area (Å²) in [5.74, 6) is 0.320. The standard InChI is InChI=1S/C25H19N3O5S2/c29-34(30,21-7-3-1-4-8-21)27-19-13-11-18(12-14-19)25-26-23-17-20(15-16-24(23)33-25)28-35(31,32)22-9-5-2-6-10-22/h1-17,27-28H. The highest BCUT2D eigenvalue weighted by atomic mass is 32.2. The molecule has 0 saturated heterocycles. The van der Waals surface area contributed by atoms with E-state index in [1.54, 1.807) is 78.9 Å². The van der Waals surface area contributed by atoms with Gasteiger partial charge < -0.3 is 4.42 Å². The lowest BCUT2D eigenvalue weighted by Gasteiger charge is -2.08. The van der Waals surface area contributed by atoms with Crippen LogP contribution in [0.15, 0.2) is 117 Å². The molecule has 35 heavy (non-hydrogen) atoms. The highest BCUT2D eigenvalue weighted by Crippen LogP contribution is 2.28. The smallest absolute Gasteiger partial charge is 0.261 e. The largest absolute Gasteiger partial charge is 0.436 e. The van der Waals surface area contributed by atoms with E-state index in [4.69, 9.17) is 4.42 Å². The van der Waals surface area contributed by atoms with E-state index < -0.39 is 20.0 Å². The van der Waals surface area contributed by atoms with Crippen molar-refractivity contribution in [2.75, 3.05) is 9.44 Å². The second kappa shape index (κ2) is 8.90. The van der Waals surface area contributed by atoms with Gasteiger partial charge in [0.15, 0.2) is 5.58 Å². The summed E-state index contributed by atoms with van der Waals surface area (Å²) in [5.41, 5.74) is 2.34. The van der Waals surface area contributed by atoms with Crippen molar-refractivity contribution in [1.29, 1.82) is 0 Å². The maximum absolute atomic E-state index is 12.6. The van der Waals surface area contributed by atoms with Crippen LogP contribution in [-0.4, -0.2) is 21.8 Å². The highest BCUT2D eigenvalue weighted by molar-refractivity contribution is 7.93. The number of aromatic nitrogens is 1. The Bertz CT molecular complexity index is 1700. The van der Waals surface area contributed by atoms with Crippen LogP contribution in [0.5, 0.6) is 0 Å². The summed E-state index contributed by atoms with van der Waals surface area (Å²) in [5, 5.41) is 0. The number of nitrogens with zero attached hydrogens (tertiary/aromatic N) is 1. The molecule has 0 radical (unpaired) electrons. The van der Waals surface area contributed by atoms with Crippen molar-refractivity contribution >= 4 is 42.5 Å². The zero-order valence-electron chi connectivity index (χ0n) is 18.1. The lowest BCUT2D eigenvalue weighted by atomic mass is 10.2. The van der Waals surface area contributed by atoms with Crippen molar-refractivity contribution in [3.05, 3.63) is 103 Å². The quantitative estimate of drug-likeness (QED) is 0.318. The molecule has 0 aliphatic heterocycles. The minimum absolute atomic E-state index is 0.156. The minimum atomic E-state index is -3.73. The van der Waals surface area contributed by atoms with Crippen LogP contribution in [0.1, 0.15) is 0 Å². The van der Waals surface area contributed by atoms with Crippen LogP contribution in [0, 0.1) is 0 Å². The van der Waals surface area contributed by atoms with Crippen molar-refractivity contribution < 1.29 is 21.3 Å². The minimum Gasteiger partial charge on any atom is -0.436 e. The third-order valence-corrected chi connectivity index (χ3v) is 7.93. The maximum atomic E-state index is 12.6. The molecule has 0 amide bonds. The number of benzene rings is 4. The molecular weight excluding hydrogens is 486 g/mol. The van der Waals surface area contributed by atoms with E-state index in [2.05, 4.69) is 14.4 Å². The van der Waals surface area contributed by atoms with Crippen LogP contribution in [0.3, 0.4) is 0 Å². The van der Waals surface area contributed by atoms with Crippen LogP contribution in [0.25, 0.3) is 22.6 Å². The first-order valence-corrected chi connectivity index (χ1v) is 13.4.